The highest BCUT2D eigenvalue weighted by Crippen LogP contribution is 2.18. The largest absolute Gasteiger partial charge is 0.507 e. The van der Waals surface area contributed by atoms with Crippen molar-refractivity contribution in [3.8, 4) is 11.5 Å². The van der Waals surface area contributed by atoms with Crippen molar-refractivity contribution in [2.24, 2.45) is 9.98 Å². The van der Waals surface area contributed by atoms with Crippen molar-refractivity contribution in [2.75, 3.05) is 0 Å². The number of hydrogen-bond acceptors (Lipinski definition) is 3. The molecular weight excluding hydrogens is 296 g/mol. The van der Waals surface area contributed by atoms with Crippen molar-refractivity contribution < 1.29 is 10.2 Å². The summed E-state index contributed by atoms with van der Waals surface area (Å²) in [5.41, 5.74) is 2.38. The number of thiocarbonyl (C=S) groups is 1. The fourth-order valence-electron chi connectivity index (χ4n) is 1.99. The van der Waals surface area contributed by atoms with Gasteiger partial charge in [-0.15, -0.1) is 0 Å². The molecule has 0 aromatic heterocycles. The van der Waals surface area contributed by atoms with Gasteiger partial charge < -0.3 is 10.2 Å². The van der Waals surface area contributed by atoms with Crippen LogP contribution in [0.25, 0.3) is 0 Å². The number of aromatic hydroxyl groups is 2. The maximum Gasteiger partial charge on any atom is 0.219 e. The van der Waals surface area contributed by atoms with E-state index in [-0.39, 0.29) is 16.6 Å². The van der Waals surface area contributed by atoms with Gasteiger partial charge in [0, 0.05) is 11.1 Å². The molecule has 0 aliphatic heterocycles. The molecular formula is C17H16N2O2S. The lowest BCUT2D eigenvalue weighted by molar-refractivity contribution is 0.473. The molecule has 0 spiro atoms. The Kier molecular flexibility index (Phi) is 5.01. The van der Waals surface area contributed by atoms with Gasteiger partial charge >= 0.3 is 0 Å². The second-order valence-electron chi connectivity index (χ2n) is 4.71. The summed E-state index contributed by atoms with van der Waals surface area (Å²) in [7, 11) is 0. The van der Waals surface area contributed by atoms with Gasteiger partial charge in [-0.2, -0.15) is 0 Å². The number of aliphatic imine (C=N–C) groups is 2. The molecule has 0 unspecified atom stereocenters. The molecule has 0 bridgehead atoms. The molecule has 2 aromatic rings. The van der Waals surface area contributed by atoms with Crippen LogP contribution in [0.4, 0.5) is 0 Å². The summed E-state index contributed by atoms with van der Waals surface area (Å²) in [5, 5.41) is 19.7. The zero-order valence-corrected chi connectivity index (χ0v) is 13.1. The minimum absolute atomic E-state index is 0.140. The average Bonchev–Trinajstić information content (AvgIpc) is 2.47. The van der Waals surface area contributed by atoms with Crippen LogP contribution in [0.2, 0.25) is 0 Å². The van der Waals surface area contributed by atoms with Crippen molar-refractivity contribution in [2.45, 2.75) is 13.8 Å². The molecule has 0 radical (unpaired) electrons. The Morgan fingerprint density at radius 1 is 0.773 bits per heavy atom. The van der Waals surface area contributed by atoms with Gasteiger partial charge in [0.1, 0.15) is 11.5 Å². The van der Waals surface area contributed by atoms with E-state index in [2.05, 4.69) is 9.98 Å². The van der Waals surface area contributed by atoms with Crippen LogP contribution in [0, 0.1) is 0 Å². The Morgan fingerprint density at radius 2 is 1.14 bits per heavy atom. The highest BCUT2D eigenvalue weighted by molar-refractivity contribution is 7.80. The first-order chi connectivity index (χ1) is 10.5. The van der Waals surface area contributed by atoms with E-state index in [0.29, 0.717) is 22.6 Å². The zero-order chi connectivity index (χ0) is 16.1. The monoisotopic (exact) mass is 312 g/mol. The standard InChI is InChI=1S/C17H16N2O2S/c1-11(13-7-3-5-9-15(13)20)18-17(22)19-12(2)14-8-4-6-10-16(14)21/h3-10,20-21H,1-2H3/b18-11+,19-12+. The third-order valence-electron chi connectivity index (χ3n) is 3.11. The molecule has 5 heteroatoms. The molecule has 0 fully saturated rings. The van der Waals surface area contributed by atoms with E-state index in [9.17, 15) is 10.2 Å². The van der Waals surface area contributed by atoms with Gasteiger partial charge in [0.2, 0.25) is 5.11 Å². The fourth-order valence-corrected chi connectivity index (χ4v) is 2.27. The molecule has 112 valence electrons. The van der Waals surface area contributed by atoms with Gasteiger partial charge in [0.25, 0.3) is 0 Å². The number of nitrogens with zero attached hydrogens (tertiary/aromatic N) is 2. The molecule has 0 atom stereocenters. The molecule has 0 saturated heterocycles. The number of rotatable bonds is 2. The van der Waals surface area contributed by atoms with E-state index >= 15 is 0 Å². The number of hydrogen-bond donors (Lipinski definition) is 2. The van der Waals surface area contributed by atoms with E-state index in [1.807, 2.05) is 12.1 Å². The molecule has 0 heterocycles. The van der Waals surface area contributed by atoms with Gasteiger partial charge in [-0.1, -0.05) is 24.3 Å². The summed E-state index contributed by atoms with van der Waals surface area (Å²) < 4.78 is 0. The molecule has 22 heavy (non-hydrogen) atoms. The first-order valence-corrected chi connectivity index (χ1v) is 7.11. The normalized spacial score (nSPS) is 12.3. The van der Waals surface area contributed by atoms with Crippen LogP contribution in [-0.2, 0) is 0 Å². The third-order valence-corrected chi connectivity index (χ3v) is 3.30. The van der Waals surface area contributed by atoms with E-state index < -0.39 is 0 Å². The maximum absolute atomic E-state index is 9.80. The molecule has 2 aromatic carbocycles. The zero-order valence-electron chi connectivity index (χ0n) is 12.3. The second kappa shape index (κ2) is 6.95. The Balaban J connectivity index is 2.26. The fraction of sp³-hybridized carbons (Fsp3) is 0.118. The van der Waals surface area contributed by atoms with Crippen LogP contribution in [0.15, 0.2) is 58.5 Å². The lowest BCUT2D eigenvalue weighted by Gasteiger charge is -2.05. The molecule has 2 rings (SSSR count). The molecule has 4 nitrogen and oxygen atoms in total. The molecule has 2 N–H and O–H groups in total. The van der Waals surface area contributed by atoms with E-state index in [1.165, 1.54) is 0 Å². The van der Waals surface area contributed by atoms with Crippen LogP contribution in [0.5, 0.6) is 11.5 Å². The minimum Gasteiger partial charge on any atom is -0.507 e. The van der Waals surface area contributed by atoms with E-state index in [0.717, 1.165) is 0 Å². The summed E-state index contributed by atoms with van der Waals surface area (Å²) in [4.78, 5) is 8.44. The van der Waals surface area contributed by atoms with Crippen molar-refractivity contribution in [3.05, 3.63) is 59.7 Å². The maximum atomic E-state index is 9.80. The van der Waals surface area contributed by atoms with Crippen LogP contribution < -0.4 is 0 Å². The van der Waals surface area contributed by atoms with Gasteiger partial charge in [-0.25, -0.2) is 9.98 Å². The van der Waals surface area contributed by atoms with Crippen LogP contribution in [-0.4, -0.2) is 26.7 Å². The van der Waals surface area contributed by atoms with Crippen LogP contribution in [0.3, 0.4) is 0 Å². The van der Waals surface area contributed by atoms with Crippen molar-refractivity contribution in [1.82, 2.24) is 0 Å². The lowest BCUT2D eigenvalue weighted by Crippen LogP contribution is -2.02. The van der Waals surface area contributed by atoms with Gasteiger partial charge in [-0.05, 0) is 50.3 Å². The van der Waals surface area contributed by atoms with E-state index in [1.54, 1.807) is 50.2 Å². The number of phenolic OH excluding ortho intramolecular Hbond substituents is 2. The Hall–Kier alpha value is -2.53. The Labute approximate surface area is 134 Å². The molecule has 0 aliphatic rings. The van der Waals surface area contributed by atoms with Crippen LogP contribution in [0.1, 0.15) is 25.0 Å². The van der Waals surface area contributed by atoms with Crippen molar-refractivity contribution in [1.29, 1.82) is 0 Å². The Morgan fingerprint density at radius 3 is 1.50 bits per heavy atom. The number of benzene rings is 2. The minimum atomic E-state index is 0.140. The number of phenols is 2. The van der Waals surface area contributed by atoms with Gasteiger partial charge in [0.05, 0.1) is 11.4 Å². The average molecular weight is 312 g/mol. The quantitative estimate of drug-likeness (QED) is 0.656. The van der Waals surface area contributed by atoms with Crippen molar-refractivity contribution in [3.63, 3.8) is 0 Å². The highest BCUT2D eigenvalue weighted by Gasteiger charge is 2.06. The van der Waals surface area contributed by atoms with Gasteiger partial charge in [0.15, 0.2) is 0 Å². The van der Waals surface area contributed by atoms with Crippen molar-refractivity contribution >= 4 is 28.8 Å². The summed E-state index contributed by atoms with van der Waals surface area (Å²) in [5.74, 6) is 0.293. The molecule has 0 saturated carbocycles. The molecule has 0 aliphatic carbocycles. The lowest BCUT2D eigenvalue weighted by atomic mass is 10.1. The van der Waals surface area contributed by atoms with Gasteiger partial charge in [-0.3, -0.25) is 0 Å². The topological polar surface area (TPSA) is 65.2 Å². The molecule has 0 amide bonds. The third kappa shape index (κ3) is 3.77. The second-order valence-corrected chi connectivity index (χ2v) is 5.08. The first kappa shape index (κ1) is 15.9. The summed E-state index contributed by atoms with van der Waals surface area (Å²) in [6, 6.07) is 13.8. The van der Waals surface area contributed by atoms with E-state index in [4.69, 9.17) is 12.2 Å². The predicted octanol–water partition coefficient (Wildman–Crippen LogP) is 3.70. The number of para-hydroxylation sites is 2. The highest BCUT2D eigenvalue weighted by atomic mass is 32.1. The summed E-state index contributed by atoms with van der Waals surface area (Å²) in [6.45, 7) is 3.51. The smallest absolute Gasteiger partial charge is 0.219 e. The predicted molar refractivity (Wildman–Crippen MR) is 93.2 cm³/mol. The first-order valence-electron chi connectivity index (χ1n) is 6.70. The Bertz CT molecular complexity index is 703. The SMILES string of the molecule is C/C(=N\C(=S)/N=C(\C)c1ccccc1O)c1ccccc1O. The summed E-state index contributed by atoms with van der Waals surface area (Å²) >= 11 is 5.15. The van der Waals surface area contributed by atoms with Crippen LogP contribution >= 0.6 is 12.2 Å². The summed E-state index contributed by atoms with van der Waals surface area (Å²) in [6.07, 6.45) is 0.